The summed E-state index contributed by atoms with van der Waals surface area (Å²) in [6, 6.07) is 4.78. The highest BCUT2D eigenvalue weighted by Gasteiger charge is 2.30. The molecule has 0 saturated carbocycles. The van der Waals surface area contributed by atoms with Crippen molar-refractivity contribution < 1.29 is 8.42 Å². The van der Waals surface area contributed by atoms with Gasteiger partial charge in [0, 0.05) is 19.3 Å². The standard InChI is InChI=1S/C14H19N3O2S/c1-14(2)6-3-8-17(9-7-14)20(18,19)13-5-4-12(10-15)16-11-13/h4-5,11H,3,6-9H2,1-2H3. The molecule has 6 heteroatoms. The lowest BCUT2D eigenvalue weighted by atomic mass is 9.85. The Morgan fingerprint density at radius 1 is 1.30 bits per heavy atom. The number of sulfonamides is 1. The average molecular weight is 293 g/mol. The molecule has 108 valence electrons. The Morgan fingerprint density at radius 2 is 2.05 bits per heavy atom. The van der Waals surface area contributed by atoms with E-state index in [0.29, 0.717) is 13.1 Å². The topological polar surface area (TPSA) is 74.1 Å². The second-order valence-electron chi connectivity index (χ2n) is 5.91. The SMILES string of the molecule is CC1(C)CCCN(S(=O)(=O)c2ccc(C#N)nc2)CC1. The first-order valence-electron chi connectivity index (χ1n) is 6.71. The number of aromatic nitrogens is 1. The van der Waals surface area contributed by atoms with Crippen LogP contribution in [0.15, 0.2) is 23.2 Å². The molecule has 1 aliphatic heterocycles. The molecule has 0 aromatic carbocycles. The summed E-state index contributed by atoms with van der Waals surface area (Å²) in [6.45, 7) is 5.43. The minimum absolute atomic E-state index is 0.163. The van der Waals surface area contributed by atoms with Crippen LogP contribution in [-0.2, 0) is 10.0 Å². The minimum atomic E-state index is -3.50. The van der Waals surface area contributed by atoms with Crippen LogP contribution in [0.1, 0.15) is 38.8 Å². The van der Waals surface area contributed by atoms with Gasteiger partial charge in [0.25, 0.3) is 0 Å². The molecular weight excluding hydrogens is 274 g/mol. The second kappa shape index (κ2) is 5.51. The van der Waals surface area contributed by atoms with E-state index in [9.17, 15) is 8.42 Å². The summed E-state index contributed by atoms with van der Waals surface area (Å²) in [4.78, 5) is 4.01. The first kappa shape index (κ1) is 14.9. The summed E-state index contributed by atoms with van der Waals surface area (Å²) >= 11 is 0. The van der Waals surface area contributed by atoms with Crippen LogP contribution in [0, 0.1) is 16.7 Å². The van der Waals surface area contributed by atoms with Gasteiger partial charge in [-0.3, -0.25) is 0 Å². The number of nitriles is 1. The summed E-state index contributed by atoms with van der Waals surface area (Å²) < 4.78 is 26.6. The lowest BCUT2D eigenvalue weighted by Gasteiger charge is -2.23. The van der Waals surface area contributed by atoms with Gasteiger partial charge in [-0.25, -0.2) is 13.4 Å². The first-order valence-corrected chi connectivity index (χ1v) is 8.15. The molecule has 2 heterocycles. The Kier molecular flexibility index (Phi) is 4.11. The minimum Gasteiger partial charge on any atom is -0.244 e. The molecule has 0 atom stereocenters. The molecule has 5 nitrogen and oxygen atoms in total. The molecular formula is C14H19N3O2S. The summed E-state index contributed by atoms with van der Waals surface area (Å²) in [5.74, 6) is 0. The second-order valence-corrected chi connectivity index (χ2v) is 7.85. The van der Waals surface area contributed by atoms with E-state index in [0.717, 1.165) is 19.3 Å². The van der Waals surface area contributed by atoms with Gasteiger partial charge >= 0.3 is 0 Å². The Labute approximate surface area is 120 Å². The largest absolute Gasteiger partial charge is 0.244 e. The molecule has 1 fully saturated rings. The monoisotopic (exact) mass is 293 g/mol. The summed E-state index contributed by atoms with van der Waals surface area (Å²) in [7, 11) is -3.50. The van der Waals surface area contributed by atoms with Gasteiger partial charge in [0.15, 0.2) is 0 Å². The number of rotatable bonds is 2. The molecule has 1 aromatic heterocycles. The van der Waals surface area contributed by atoms with Crippen molar-refractivity contribution in [1.29, 1.82) is 5.26 Å². The lowest BCUT2D eigenvalue weighted by Crippen LogP contribution is -2.32. The molecule has 0 amide bonds. The number of nitrogens with zero attached hydrogens (tertiary/aromatic N) is 3. The van der Waals surface area contributed by atoms with Crippen LogP contribution in [-0.4, -0.2) is 30.8 Å². The van der Waals surface area contributed by atoms with Gasteiger partial charge in [-0.1, -0.05) is 13.8 Å². The maximum Gasteiger partial charge on any atom is 0.244 e. The summed E-state index contributed by atoms with van der Waals surface area (Å²) in [5, 5.41) is 8.70. The van der Waals surface area contributed by atoms with Gasteiger partial charge in [0.1, 0.15) is 16.7 Å². The Bertz CT molecular complexity index is 615. The average Bonchev–Trinajstić information content (AvgIpc) is 2.60. The predicted molar refractivity (Wildman–Crippen MR) is 75.3 cm³/mol. The molecule has 1 saturated heterocycles. The van der Waals surface area contributed by atoms with Gasteiger partial charge in [-0.05, 0) is 36.8 Å². The molecule has 0 unspecified atom stereocenters. The van der Waals surface area contributed by atoms with Gasteiger partial charge in [-0.15, -0.1) is 0 Å². The fraction of sp³-hybridized carbons (Fsp3) is 0.571. The number of pyridine rings is 1. The third-order valence-corrected chi connectivity index (χ3v) is 5.67. The number of hydrogen-bond donors (Lipinski definition) is 0. The summed E-state index contributed by atoms with van der Waals surface area (Å²) in [5.41, 5.74) is 0.411. The summed E-state index contributed by atoms with van der Waals surface area (Å²) in [6.07, 6.45) is 4.03. The molecule has 0 radical (unpaired) electrons. The Hall–Kier alpha value is -1.45. The van der Waals surface area contributed by atoms with Crippen molar-refractivity contribution in [3.05, 3.63) is 24.0 Å². The van der Waals surface area contributed by atoms with E-state index >= 15 is 0 Å². The van der Waals surface area contributed by atoms with Crippen LogP contribution in [0.4, 0.5) is 0 Å². The van der Waals surface area contributed by atoms with Crippen molar-refractivity contribution in [2.45, 2.75) is 38.0 Å². The Balaban J connectivity index is 2.23. The maximum atomic E-state index is 12.6. The third kappa shape index (κ3) is 3.17. The fourth-order valence-corrected chi connectivity index (χ4v) is 3.81. The lowest BCUT2D eigenvalue weighted by molar-refractivity contribution is 0.315. The van der Waals surface area contributed by atoms with Crippen LogP contribution in [0.25, 0.3) is 0 Å². The molecule has 0 bridgehead atoms. The molecule has 20 heavy (non-hydrogen) atoms. The van der Waals surface area contributed by atoms with Crippen LogP contribution in [0.2, 0.25) is 0 Å². The fourth-order valence-electron chi connectivity index (χ4n) is 2.39. The first-order chi connectivity index (χ1) is 9.35. The van der Waals surface area contributed by atoms with Crippen LogP contribution in [0.5, 0.6) is 0 Å². The van der Waals surface area contributed by atoms with Gasteiger partial charge < -0.3 is 0 Å². The molecule has 0 N–H and O–H groups in total. The van der Waals surface area contributed by atoms with Crippen molar-refractivity contribution in [2.24, 2.45) is 5.41 Å². The third-order valence-electron chi connectivity index (χ3n) is 3.79. The zero-order valence-corrected chi connectivity index (χ0v) is 12.7. The van der Waals surface area contributed by atoms with E-state index in [-0.39, 0.29) is 16.0 Å². The van der Waals surface area contributed by atoms with Gasteiger partial charge in [-0.2, -0.15) is 9.57 Å². The number of hydrogen-bond acceptors (Lipinski definition) is 4. The smallest absolute Gasteiger partial charge is 0.244 e. The highest BCUT2D eigenvalue weighted by atomic mass is 32.2. The van der Waals surface area contributed by atoms with Crippen molar-refractivity contribution in [3.8, 4) is 6.07 Å². The van der Waals surface area contributed by atoms with Crippen molar-refractivity contribution in [3.63, 3.8) is 0 Å². The van der Waals surface area contributed by atoms with E-state index in [4.69, 9.17) is 5.26 Å². The van der Waals surface area contributed by atoms with E-state index in [1.54, 1.807) is 0 Å². The predicted octanol–water partition coefficient (Wildman–Crippen LogP) is 2.15. The normalized spacial score (nSPS) is 20.1. The molecule has 1 aromatic rings. The van der Waals surface area contributed by atoms with Gasteiger partial charge in [0.2, 0.25) is 10.0 Å². The quantitative estimate of drug-likeness (QED) is 0.837. The zero-order chi connectivity index (χ0) is 14.8. The highest BCUT2D eigenvalue weighted by molar-refractivity contribution is 7.89. The van der Waals surface area contributed by atoms with E-state index in [1.807, 2.05) is 6.07 Å². The Morgan fingerprint density at radius 3 is 2.65 bits per heavy atom. The van der Waals surface area contributed by atoms with Crippen LogP contribution < -0.4 is 0 Å². The van der Waals surface area contributed by atoms with E-state index < -0.39 is 10.0 Å². The van der Waals surface area contributed by atoms with Crippen molar-refractivity contribution in [2.75, 3.05) is 13.1 Å². The van der Waals surface area contributed by atoms with E-state index in [2.05, 4.69) is 18.8 Å². The van der Waals surface area contributed by atoms with Crippen molar-refractivity contribution in [1.82, 2.24) is 9.29 Å². The molecule has 0 aliphatic carbocycles. The van der Waals surface area contributed by atoms with Crippen LogP contribution in [0.3, 0.4) is 0 Å². The highest BCUT2D eigenvalue weighted by Crippen LogP contribution is 2.31. The molecule has 2 rings (SSSR count). The van der Waals surface area contributed by atoms with Crippen LogP contribution >= 0.6 is 0 Å². The maximum absolute atomic E-state index is 12.6. The molecule has 1 aliphatic rings. The van der Waals surface area contributed by atoms with Gasteiger partial charge in [0.05, 0.1) is 0 Å². The molecule has 0 spiro atoms. The van der Waals surface area contributed by atoms with Crippen molar-refractivity contribution >= 4 is 10.0 Å². The van der Waals surface area contributed by atoms with E-state index in [1.165, 1.54) is 22.6 Å². The zero-order valence-electron chi connectivity index (χ0n) is 11.8.